The van der Waals surface area contributed by atoms with Gasteiger partial charge in [-0.3, -0.25) is 0 Å². The molecule has 1 aliphatic carbocycles. The Kier molecular flexibility index (Phi) is 3.72. The summed E-state index contributed by atoms with van der Waals surface area (Å²) < 4.78 is 2.14. The van der Waals surface area contributed by atoms with E-state index in [2.05, 4.69) is 40.1 Å². The number of fused-ring (bicyclic) bond motifs is 1. The van der Waals surface area contributed by atoms with Gasteiger partial charge in [0.15, 0.2) is 0 Å². The van der Waals surface area contributed by atoms with Gasteiger partial charge in [0.1, 0.15) is 0 Å². The molecule has 0 spiro atoms. The summed E-state index contributed by atoms with van der Waals surface area (Å²) in [6, 6.07) is 8.29. The molecule has 3 heteroatoms. The number of nitrogens with one attached hydrogen (secondary N) is 1. The summed E-state index contributed by atoms with van der Waals surface area (Å²) in [7, 11) is 2.08. The number of para-hydroxylation sites is 2. The highest BCUT2D eigenvalue weighted by Gasteiger charge is 2.14. The molecule has 0 radical (unpaired) electrons. The predicted octanol–water partition coefficient (Wildman–Crippen LogP) is 3.96. The summed E-state index contributed by atoms with van der Waals surface area (Å²) in [6.45, 7) is 1.04. The second-order valence-corrected chi connectivity index (χ2v) is 5.70. The van der Waals surface area contributed by atoms with Gasteiger partial charge in [-0.2, -0.15) is 0 Å². The van der Waals surface area contributed by atoms with E-state index < -0.39 is 0 Å². The average Bonchev–Trinajstić information content (AvgIpc) is 3.04. The van der Waals surface area contributed by atoms with Gasteiger partial charge < -0.3 is 9.88 Å². The van der Waals surface area contributed by atoms with Gasteiger partial charge in [-0.25, -0.2) is 4.98 Å². The van der Waals surface area contributed by atoms with Crippen LogP contribution >= 0.6 is 0 Å². The normalized spacial score (nSPS) is 16.3. The molecule has 1 heterocycles. The van der Waals surface area contributed by atoms with E-state index in [9.17, 15) is 0 Å². The van der Waals surface area contributed by atoms with Crippen molar-refractivity contribution in [3.63, 3.8) is 0 Å². The summed E-state index contributed by atoms with van der Waals surface area (Å²) in [5, 5.41) is 3.48. The van der Waals surface area contributed by atoms with Gasteiger partial charge in [0.2, 0.25) is 5.95 Å². The molecule has 3 rings (SSSR count). The number of aryl methyl sites for hydroxylation is 1. The van der Waals surface area contributed by atoms with Crippen LogP contribution in [0.4, 0.5) is 5.95 Å². The first-order chi connectivity index (χ1) is 9.34. The first kappa shape index (κ1) is 12.5. The Labute approximate surface area is 115 Å². The van der Waals surface area contributed by atoms with Crippen LogP contribution in [0.3, 0.4) is 0 Å². The Morgan fingerprint density at radius 3 is 2.84 bits per heavy atom. The average molecular weight is 257 g/mol. The topological polar surface area (TPSA) is 29.9 Å². The number of benzene rings is 1. The first-order valence-electron chi connectivity index (χ1n) is 7.50. The van der Waals surface area contributed by atoms with Crippen molar-refractivity contribution in [2.24, 2.45) is 13.0 Å². The molecule has 0 saturated heterocycles. The summed E-state index contributed by atoms with van der Waals surface area (Å²) in [5.41, 5.74) is 2.27. The molecule has 0 atom stereocenters. The fraction of sp³-hybridized carbons (Fsp3) is 0.562. The van der Waals surface area contributed by atoms with Gasteiger partial charge in [-0.05, 0) is 30.9 Å². The molecule has 19 heavy (non-hydrogen) atoms. The maximum absolute atomic E-state index is 4.63. The van der Waals surface area contributed by atoms with Crippen LogP contribution in [0, 0.1) is 5.92 Å². The van der Waals surface area contributed by atoms with Crippen LogP contribution in [0.5, 0.6) is 0 Å². The van der Waals surface area contributed by atoms with Crippen LogP contribution in [-0.4, -0.2) is 16.1 Å². The van der Waals surface area contributed by atoms with E-state index in [1.165, 1.54) is 44.0 Å². The lowest BCUT2D eigenvalue weighted by Gasteiger charge is -2.09. The summed E-state index contributed by atoms with van der Waals surface area (Å²) in [5.74, 6) is 1.98. The van der Waals surface area contributed by atoms with Crippen molar-refractivity contribution in [1.82, 2.24) is 9.55 Å². The minimum absolute atomic E-state index is 0.988. The van der Waals surface area contributed by atoms with Crippen LogP contribution in [-0.2, 0) is 7.05 Å². The zero-order chi connectivity index (χ0) is 13.1. The minimum atomic E-state index is 0.988. The van der Waals surface area contributed by atoms with Crippen molar-refractivity contribution >= 4 is 17.0 Å². The van der Waals surface area contributed by atoms with Gasteiger partial charge >= 0.3 is 0 Å². The number of nitrogens with zero attached hydrogens (tertiary/aromatic N) is 2. The minimum Gasteiger partial charge on any atom is -0.356 e. The molecule has 1 saturated carbocycles. The SMILES string of the molecule is Cn1c(NCCCC2CCCC2)nc2ccccc21. The standard InChI is InChI=1S/C16H23N3/c1-19-15-11-5-4-10-14(15)18-16(19)17-12-6-9-13-7-2-3-8-13/h4-5,10-11,13H,2-3,6-9,12H2,1H3,(H,17,18). The molecule has 1 aromatic carbocycles. The van der Waals surface area contributed by atoms with Gasteiger partial charge in [-0.15, -0.1) is 0 Å². The number of imidazole rings is 1. The number of rotatable bonds is 5. The van der Waals surface area contributed by atoms with E-state index in [4.69, 9.17) is 0 Å². The largest absolute Gasteiger partial charge is 0.356 e. The molecule has 1 aliphatic rings. The van der Waals surface area contributed by atoms with E-state index in [1.54, 1.807) is 0 Å². The molecule has 2 aromatic rings. The number of aromatic nitrogens is 2. The maximum Gasteiger partial charge on any atom is 0.203 e. The Morgan fingerprint density at radius 1 is 1.26 bits per heavy atom. The van der Waals surface area contributed by atoms with Crippen molar-refractivity contribution in [3.8, 4) is 0 Å². The molecule has 1 fully saturated rings. The van der Waals surface area contributed by atoms with Crippen LogP contribution in [0.1, 0.15) is 38.5 Å². The number of hydrogen-bond donors (Lipinski definition) is 1. The first-order valence-corrected chi connectivity index (χ1v) is 7.50. The Hall–Kier alpha value is -1.51. The van der Waals surface area contributed by atoms with Gasteiger partial charge in [-0.1, -0.05) is 37.8 Å². The van der Waals surface area contributed by atoms with Gasteiger partial charge in [0.25, 0.3) is 0 Å². The quantitative estimate of drug-likeness (QED) is 0.822. The van der Waals surface area contributed by atoms with Crippen molar-refractivity contribution in [2.45, 2.75) is 38.5 Å². The molecule has 0 aliphatic heterocycles. The Balaban J connectivity index is 1.54. The third-order valence-electron chi connectivity index (χ3n) is 4.33. The van der Waals surface area contributed by atoms with Crippen LogP contribution < -0.4 is 5.32 Å². The highest BCUT2D eigenvalue weighted by molar-refractivity contribution is 5.78. The zero-order valence-corrected chi connectivity index (χ0v) is 11.7. The molecule has 1 aromatic heterocycles. The van der Waals surface area contributed by atoms with E-state index >= 15 is 0 Å². The predicted molar refractivity (Wildman–Crippen MR) is 80.4 cm³/mol. The smallest absolute Gasteiger partial charge is 0.203 e. The van der Waals surface area contributed by atoms with Crippen molar-refractivity contribution in [1.29, 1.82) is 0 Å². The second-order valence-electron chi connectivity index (χ2n) is 5.70. The van der Waals surface area contributed by atoms with Crippen molar-refractivity contribution in [2.75, 3.05) is 11.9 Å². The van der Waals surface area contributed by atoms with Crippen LogP contribution in [0.25, 0.3) is 11.0 Å². The molecular weight excluding hydrogens is 234 g/mol. The molecule has 3 nitrogen and oxygen atoms in total. The maximum atomic E-state index is 4.63. The Morgan fingerprint density at radius 2 is 2.05 bits per heavy atom. The van der Waals surface area contributed by atoms with E-state index in [-0.39, 0.29) is 0 Å². The highest BCUT2D eigenvalue weighted by atomic mass is 15.2. The molecular formula is C16H23N3. The second kappa shape index (κ2) is 5.64. The fourth-order valence-corrected chi connectivity index (χ4v) is 3.19. The molecule has 102 valence electrons. The number of anilines is 1. The molecule has 0 unspecified atom stereocenters. The number of hydrogen-bond acceptors (Lipinski definition) is 2. The van der Waals surface area contributed by atoms with Crippen molar-refractivity contribution < 1.29 is 0 Å². The Bertz CT molecular complexity index is 538. The molecule has 1 N–H and O–H groups in total. The van der Waals surface area contributed by atoms with Gasteiger partial charge in [0.05, 0.1) is 11.0 Å². The van der Waals surface area contributed by atoms with Gasteiger partial charge in [0, 0.05) is 13.6 Å². The monoisotopic (exact) mass is 257 g/mol. The van der Waals surface area contributed by atoms with E-state index in [0.29, 0.717) is 0 Å². The lowest BCUT2D eigenvalue weighted by atomic mass is 10.0. The fourth-order valence-electron chi connectivity index (χ4n) is 3.19. The van der Waals surface area contributed by atoms with Crippen molar-refractivity contribution in [3.05, 3.63) is 24.3 Å². The molecule has 0 bridgehead atoms. The summed E-state index contributed by atoms with van der Waals surface area (Å²) in [6.07, 6.45) is 8.43. The third kappa shape index (κ3) is 2.75. The zero-order valence-electron chi connectivity index (χ0n) is 11.7. The molecule has 0 amide bonds. The van der Waals surface area contributed by atoms with E-state index in [0.717, 1.165) is 23.9 Å². The van der Waals surface area contributed by atoms with Crippen LogP contribution in [0.2, 0.25) is 0 Å². The highest BCUT2D eigenvalue weighted by Crippen LogP contribution is 2.28. The summed E-state index contributed by atoms with van der Waals surface area (Å²) >= 11 is 0. The summed E-state index contributed by atoms with van der Waals surface area (Å²) in [4.78, 5) is 4.63. The lowest BCUT2D eigenvalue weighted by Crippen LogP contribution is -2.08. The third-order valence-corrected chi connectivity index (χ3v) is 4.33. The lowest BCUT2D eigenvalue weighted by molar-refractivity contribution is 0.491. The van der Waals surface area contributed by atoms with Crippen LogP contribution in [0.15, 0.2) is 24.3 Å². The van der Waals surface area contributed by atoms with E-state index in [1.807, 2.05) is 6.07 Å².